The van der Waals surface area contributed by atoms with Crippen molar-refractivity contribution in [1.29, 1.82) is 0 Å². The van der Waals surface area contributed by atoms with E-state index in [1.54, 1.807) is 18.7 Å². The van der Waals surface area contributed by atoms with Gasteiger partial charge in [0.05, 0.1) is 0 Å². The lowest BCUT2D eigenvalue weighted by Gasteiger charge is -2.15. The highest BCUT2D eigenvalue weighted by Gasteiger charge is 2.14. The molecule has 0 fully saturated rings. The van der Waals surface area contributed by atoms with Crippen molar-refractivity contribution in [1.82, 2.24) is 0 Å². The standard InChI is InChI=1S/C17H19NO2S/c1-12-5-4-6-15(11-12)20-13(2)17(19)18-14-7-9-16(21-3)10-8-14/h4-11,13H,1-3H3,(H,18,19). The van der Waals surface area contributed by atoms with Gasteiger partial charge in [-0.05, 0) is 62.1 Å². The van der Waals surface area contributed by atoms with E-state index in [-0.39, 0.29) is 5.91 Å². The van der Waals surface area contributed by atoms with Crippen molar-refractivity contribution >= 4 is 23.4 Å². The van der Waals surface area contributed by atoms with Crippen LogP contribution in [0.25, 0.3) is 0 Å². The lowest BCUT2D eigenvalue weighted by molar-refractivity contribution is -0.122. The predicted octanol–water partition coefficient (Wildman–Crippen LogP) is 4.12. The molecule has 2 rings (SSSR count). The van der Waals surface area contributed by atoms with Gasteiger partial charge in [-0.3, -0.25) is 4.79 Å². The first kappa shape index (κ1) is 15.4. The Morgan fingerprint density at radius 3 is 2.52 bits per heavy atom. The molecule has 110 valence electrons. The number of nitrogens with one attached hydrogen (secondary N) is 1. The van der Waals surface area contributed by atoms with Crippen molar-refractivity contribution in [2.24, 2.45) is 0 Å². The number of benzene rings is 2. The Balaban J connectivity index is 1.95. The van der Waals surface area contributed by atoms with Crippen molar-refractivity contribution in [3.63, 3.8) is 0 Å². The third kappa shape index (κ3) is 4.53. The molecule has 0 saturated carbocycles. The molecule has 0 radical (unpaired) electrons. The normalized spacial score (nSPS) is 11.8. The summed E-state index contributed by atoms with van der Waals surface area (Å²) in [5, 5.41) is 2.85. The van der Waals surface area contributed by atoms with Crippen LogP contribution in [0.1, 0.15) is 12.5 Å². The lowest BCUT2D eigenvalue weighted by atomic mass is 10.2. The number of hydrogen-bond acceptors (Lipinski definition) is 3. The Morgan fingerprint density at radius 2 is 1.90 bits per heavy atom. The van der Waals surface area contributed by atoms with Crippen LogP contribution in [0.4, 0.5) is 5.69 Å². The van der Waals surface area contributed by atoms with E-state index in [1.807, 2.05) is 61.7 Å². The van der Waals surface area contributed by atoms with Crippen LogP contribution >= 0.6 is 11.8 Å². The van der Waals surface area contributed by atoms with Crippen molar-refractivity contribution in [2.75, 3.05) is 11.6 Å². The molecular formula is C17H19NO2S. The van der Waals surface area contributed by atoms with Gasteiger partial charge in [0, 0.05) is 10.6 Å². The Kier molecular flexibility index (Phi) is 5.28. The Labute approximate surface area is 129 Å². The molecule has 0 aliphatic carbocycles. The zero-order chi connectivity index (χ0) is 15.2. The molecular weight excluding hydrogens is 282 g/mol. The summed E-state index contributed by atoms with van der Waals surface area (Å²) in [5.74, 6) is 0.545. The first-order valence-corrected chi connectivity index (χ1v) is 7.99. The number of rotatable bonds is 5. The summed E-state index contributed by atoms with van der Waals surface area (Å²) in [6, 6.07) is 15.4. The average Bonchev–Trinajstić information content (AvgIpc) is 2.48. The third-order valence-corrected chi connectivity index (χ3v) is 3.77. The molecule has 21 heavy (non-hydrogen) atoms. The fourth-order valence-corrected chi connectivity index (χ4v) is 2.27. The molecule has 3 nitrogen and oxygen atoms in total. The van der Waals surface area contributed by atoms with Crippen molar-refractivity contribution in [3.8, 4) is 5.75 Å². The van der Waals surface area contributed by atoms with Crippen LogP contribution in [0, 0.1) is 6.92 Å². The van der Waals surface area contributed by atoms with Gasteiger partial charge in [-0.15, -0.1) is 11.8 Å². The topological polar surface area (TPSA) is 38.3 Å². The number of amides is 1. The van der Waals surface area contributed by atoms with E-state index in [0.717, 1.165) is 16.1 Å². The number of hydrogen-bond donors (Lipinski definition) is 1. The number of ether oxygens (including phenoxy) is 1. The quantitative estimate of drug-likeness (QED) is 0.844. The average molecular weight is 301 g/mol. The van der Waals surface area contributed by atoms with Crippen molar-refractivity contribution in [2.45, 2.75) is 24.8 Å². The minimum absolute atomic E-state index is 0.159. The number of carbonyl (C=O) groups excluding carboxylic acids is 1. The minimum atomic E-state index is -0.549. The molecule has 4 heteroatoms. The molecule has 1 N–H and O–H groups in total. The van der Waals surface area contributed by atoms with Gasteiger partial charge in [0.15, 0.2) is 6.10 Å². The molecule has 0 spiro atoms. The fourth-order valence-electron chi connectivity index (χ4n) is 1.86. The zero-order valence-electron chi connectivity index (χ0n) is 12.4. The summed E-state index contributed by atoms with van der Waals surface area (Å²) in [6.45, 7) is 3.73. The first-order valence-electron chi connectivity index (χ1n) is 6.77. The van der Waals surface area contributed by atoms with Crippen LogP contribution in [-0.4, -0.2) is 18.3 Å². The van der Waals surface area contributed by atoms with Crippen LogP contribution in [0.2, 0.25) is 0 Å². The van der Waals surface area contributed by atoms with Gasteiger partial charge >= 0.3 is 0 Å². The SMILES string of the molecule is CSc1ccc(NC(=O)C(C)Oc2cccc(C)c2)cc1. The summed E-state index contributed by atoms with van der Waals surface area (Å²) >= 11 is 1.67. The molecule has 1 amide bonds. The van der Waals surface area contributed by atoms with Gasteiger partial charge in [-0.25, -0.2) is 0 Å². The number of carbonyl (C=O) groups is 1. The van der Waals surface area contributed by atoms with E-state index in [0.29, 0.717) is 5.75 Å². The summed E-state index contributed by atoms with van der Waals surface area (Å²) in [6.07, 6.45) is 1.47. The second-order valence-corrected chi connectivity index (χ2v) is 5.67. The molecule has 0 heterocycles. The molecule has 1 atom stereocenters. The summed E-state index contributed by atoms with van der Waals surface area (Å²) in [5.41, 5.74) is 1.88. The molecule has 0 aromatic heterocycles. The number of thioether (sulfide) groups is 1. The van der Waals surface area contributed by atoms with Crippen molar-refractivity contribution < 1.29 is 9.53 Å². The van der Waals surface area contributed by atoms with E-state index in [2.05, 4.69) is 5.32 Å². The van der Waals surface area contributed by atoms with Crippen molar-refractivity contribution in [3.05, 3.63) is 54.1 Å². The molecule has 2 aromatic rings. The van der Waals surface area contributed by atoms with Gasteiger partial charge in [0.1, 0.15) is 5.75 Å². The second-order valence-electron chi connectivity index (χ2n) is 4.79. The monoisotopic (exact) mass is 301 g/mol. The van der Waals surface area contributed by atoms with Gasteiger partial charge in [-0.1, -0.05) is 12.1 Å². The van der Waals surface area contributed by atoms with Crippen LogP contribution in [0.3, 0.4) is 0 Å². The van der Waals surface area contributed by atoms with Crippen LogP contribution in [0.15, 0.2) is 53.4 Å². The smallest absolute Gasteiger partial charge is 0.265 e. The first-order chi connectivity index (χ1) is 10.1. The highest BCUT2D eigenvalue weighted by molar-refractivity contribution is 7.98. The van der Waals surface area contributed by atoms with Crippen LogP contribution in [0.5, 0.6) is 5.75 Å². The van der Waals surface area contributed by atoms with E-state index in [1.165, 1.54) is 0 Å². The molecule has 2 aromatic carbocycles. The van der Waals surface area contributed by atoms with Gasteiger partial charge < -0.3 is 10.1 Å². The summed E-state index contributed by atoms with van der Waals surface area (Å²) in [4.78, 5) is 13.3. The third-order valence-electron chi connectivity index (χ3n) is 3.03. The number of anilines is 1. The largest absolute Gasteiger partial charge is 0.481 e. The maximum absolute atomic E-state index is 12.1. The molecule has 1 unspecified atom stereocenters. The molecule has 0 aliphatic heterocycles. The fraction of sp³-hybridized carbons (Fsp3) is 0.235. The summed E-state index contributed by atoms with van der Waals surface area (Å²) < 4.78 is 5.66. The molecule has 0 saturated heterocycles. The highest BCUT2D eigenvalue weighted by atomic mass is 32.2. The Bertz CT molecular complexity index is 610. The van der Waals surface area contributed by atoms with Gasteiger partial charge in [0.2, 0.25) is 0 Å². The zero-order valence-corrected chi connectivity index (χ0v) is 13.2. The maximum Gasteiger partial charge on any atom is 0.265 e. The second kappa shape index (κ2) is 7.18. The Hall–Kier alpha value is -1.94. The van der Waals surface area contributed by atoms with Gasteiger partial charge in [-0.2, -0.15) is 0 Å². The van der Waals surface area contributed by atoms with E-state index in [9.17, 15) is 4.79 Å². The minimum Gasteiger partial charge on any atom is -0.481 e. The highest BCUT2D eigenvalue weighted by Crippen LogP contribution is 2.18. The van der Waals surface area contributed by atoms with Crippen LogP contribution in [-0.2, 0) is 4.79 Å². The summed E-state index contributed by atoms with van der Waals surface area (Å²) in [7, 11) is 0. The molecule has 0 bridgehead atoms. The van der Waals surface area contributed by atoms with E-state index >= 15 is 0 Å². The lowest BCUT2D eigenvalue weighted by Crippen LogP contribution is -2.30. The maximum atomic E-state index is 12.1. The number of aryl methyl sites for hydroxylation is 1. The predicted molar refractivity (Wildman–Crippen MR) is 88.1 cm³/mol. The Morgan fingerprint density at radius 1 is 1.19 bits per heavy atom. The van der Waals surface area contributed by atoms with Crippen LogP contribution < -0.4 is 10.1 Å². The van der Waals surface area contributed by atoms with Gasteiger partial charge in [0.25, 0.3) is 5.91 Å². The van der Waals surface area contributed by atoms with E-state index < -0.39 is 6.10 Å². The van der Waals surface area contributed by atoms with E-state index in [4.69, 9.17) is 4.74 Å². The molecule has 0 aliphatic rings.